The van der Waals surface area contributed by atoms with Gasteiger partial charge in [-0.25, -0.2) is 14.4 Å². The molecule has 132 valence electrons. The Morgan fingerprint density at radius 1 is 1.08 bits per heavy atom. The van der Waals surface area contributed by atoms with Crippen molar-refractivity contribution in [3.05, 3.63) is 65.7 Å². The lowest BCUT2D eigenvalue weighted by molar-refractivity contribution is 0.0900. The van der Waals surface area contributed by atoms with E-state index in [0.717, 1.165) is 48.3 Å². The third-order valence-corrected chi connectivity index (χ3v) is 5.10. The van der Waals surface area contributed by atoms with Crippen LogP contribution in [0.5, 0.6) is 0 Å². The first-order chi connectivity index (χ1) is 12.6. The molecule has 26 heavy (non-hydrogen) atoms. The van der Waals surface area contributed by atoms with Crippen LogP contribution in [0.25, 0.3) is 10.9 Å². The highest BCUT2D eigenvalue weighted by Gasteiger charge is 2.27. The van der Waals surface area contributed by atoms with Crippen LogP contribution < -0.4 is 4.90 Å². The molecule has 0 atom stereocenters. The number of nitrogens with zero attached hydrogens (tertiary/aromatic N) is 3. The molecule has 4 rings (SSSR count). The van der Waals surface area contributed by atoms with Gasteiger partial charge in [0.15, 0.2) is 5.78 Å². The molecule has 0 radical (unpaired) electrons. The van der Waals surface area contributed by atoms with E-state index in [2.05, 4.69) is 14.9 Å². The van der Waals surface area contributed by atoms with Gasteiger partial charge in [0.1, 0.15) is 23.5 Å². The summed E-state index contributed by atoms with van der Waals surface area (Å²) in [5.74, 6) is 0.647. The fourth-order valence-corrected chi connectivity index (χ4v) is 3.60. The molecule has 0 N–H and O–H groups in total. The van der Waals surface area contributed by atoms with Gasteiger partial charge in [-0.3, -0.25) is 4.79 Å². The van der Waals surface area contributed by atoms with Crippen molar-refractivity contribution in [2.45, 2.75) is 19.8 Å². The highest BCUT2D eigenvalue weighted by molar-refractivity contribution is 5.98. The topological polar surface area (TPSA) is 46.1 Å². The van der Waals surface area contributed by atoms with Crippen LogP contribution >= 0.6 is 0 Å². The van der Waals surface area contributed by atoms with Gasteiger partial charge in [0.25, 0.3) is 0 Å². The Kier molecular flexibility index (Phi) is 4.37. The first-order valence-corrected chi connectivity index (χ1v) is 8.88. The van der Waals surface area contributed by atoms with Crippen LogP contribution in [-0.2, 0) is 0 Å². The molecule has 5 heteroatoms. The number of aryl methyl sites for hydroxylation is 1. The first-order valence-electron chi connectivity index (χ1n) is 8.88. The normalized spacial score (nSPS) is 15.4. The largest absolute Gasteiger partial charge is 0.356 e. The van der Waals surface area contributed by atoms with Crippen LogP contribution in [0.2, 0.25) is 0 Å². The number of piperidine rings is 1. The molecule has 0 spiro atoms. The number of hydrogen-bond acceptors (Lipinski definition) is 4. The van der Waals surface area contributed by atoms with Crippen LogP contribution in [-0.4, -0.2) is 28.8 Å². The summed E-state index contributed by atoms with van der Waals surface area (Å²) in [6, 6.07) is 12.7. The van der Waals surface area contributed by atoms with Crippen LogP contribution in [0, 0.1) is 18.7 Å². The maximum atomic E-state index is 14.0. The lowest BCUT2D eigenvalue weighted by Crippen LogP contribution is -2.37. The number of aromatic nitrogens is 2. The summed E-state index contributed by atoms with van der Waals surface area (Å²) in [6.07, 6.45) is 2.95. The quantitative estimate of drug-likeness (QED) is 0.666. The number of rotatable bonds is 3. The predicted octanol–water partition coefficient (Wildman–Crippen LogP) is 4.18. The summed E-state index contributed by atoms with van der Waals surface area (Å²) in [7, 11) is 0. The molecule has 0 bridgehead atoms. The SMILES string of the molecule is Cc1ccc(C(=O)C2CCN(c3ncnc4c(F)cccc34)CC2)cc1. The van der Waals surface area contributed by atoms with Gasteiger partial charge in [-0.1, -0.05) is 35.9 Å². The number of Topliss-reactive ketones (excluding diaryl/α,β-unsaturated/α-hetero) is 1. The van der Waals surface area contributed by atoms with Crippen molar-refractivity contribution in [1.29, 1.82) is 0 Å². The second-order valence-electron chi connectivity index (χ2n) is 6.82. The minimum absolute atomic E-state index is 0.0267. The molecular formula is C21H20FN3O. The summed E-state index contributed by atoms with van der Waals surface area (Å²) in [5, 5.41) is 0.718. The highest BCUT2D eigenvalue weighted by atomic mass is 19.1. The number of hydrogen-bond donors (Lipinski definition) is 0. The molecule has 0 saturated carbocycles. The van der Waals surface area contributed by atoms with Gasteiger partial charge in [-0.15, -0.1) is 0 Å². The number of fused-ring (bicyclic) bond motifs is 1. The fourth-order valence-electron chi connectivity index (χ4n) is 3.60. The Morgan fingerprint density at radius 3 is 2.54 bits per heavy atom. The maximum Gasteiger partial charge on any atom is 0.166 e. The summed E-state index contributed by atoms with van der Waals surface area (Å²) in [6.45, 7) is 3.47. The molecule has 1 saturated heterocycles. The van der Waals surface area contributed by atoms with Crippen molar-refractivity contribution in [3.63, 3.8) is 0 Å². The van der Waals surface area contributed by atoms with Gasteiger partial charge in [-0.2, -0.15) is 0 Å². The second-order valence-corrected chi connectivity index (χ2v) is 6.82. The number of anilines is 1. The Bertz CT molecular complexity index is 947. The summed E-state index contributed by atoms with van der Waals surface area (Å²) >= 11 is 0. The lowest BCUT2D eigenvalue weighted by atomic mass is 9.88. The predicted molar refractivity (Wildman–Crippen MR) is 99.9 cm³/mol. The van der Waals surface area contributed by atoms with E-state index < -0.39 is 0 Å². The van der Waals surface area contributed by atoms with Gasteiger partial charge in [0.2, 0.25) is 0 Å². The van der Waals surface area contributed by atoms with Crippen LogP contribution in [0.1, 0.15) is 28.8 Å². The summed E-state index contributed by atoms with van der Waals surface area (Å²) < 4.78 is 14.0. The van der Waals surface area contributed by atoms with Crippen molar-refractivity contribution in [2.24, 2.45) is 5.92 Å². The number of carbonyl (C=O) groups excluding carboxylic acids is 1. The second kappa shape index (κ2) is 6.83. The number of ketones is 1. The Morgan fingerprint density at radius 2 is 1.81 bits per heavy atom. The van der Waals surface area contributed by atoms with Crippen LogP contribution in [0.15, 0.2) is 48.8 Å². The zero-order valence-electron chi connectivity index (χ0n) is 14.7. The van der Waals surface area contributed by atoms with E-state index in [-0.39, 0.29) is 17.5 Å². The fraction of sp³-hybridized carbons (Fsp3) is 0.286. The minimum atomic E-state index is -0.337. The van der Waals surface area contributed by atoms with E-state index in [1.54, 1.807) is 6.07 Å². The van der Waals surface area contributed by atoms with Crippen molar-refractivity contribution in [2.75, 3.05) is 18.0 Å². The molecule has 1 aliphatic heterocycles. The molecule has 2 heterocycles. The number of halogens is 1. The number of para-hydroxylation sites is 1. The summed E-state index contributed by atoms with van der Waals surface area (Å²) in [4.78, 5) is 23.3. The van der Waals surface area contributed by atoms with Crippen molar-refractivity contribution in [1.82, 2.24) is 9.97 Å². The van der Waals surface area contributed by atoms with Crippen molar-refractivity contribution >= 4 is 22.5 Å². The number of benzene rings is 2. The third kappa shape index (κ3) is 3.05. The molecular weight excluding hydrogens is 329 g/mol. The molecule has 1 fully saturated rings. The van der Waals surface area contributed by atoms with E-state index >= 15 is 0 Å². The Hall–Kier alpha value is -2.82. The van der Waals surface area contributed by atoms with E-state index in [1.807, 2.05) is 37.3 Å². The highest BCUT2D eigenvalue weighted by Crippen LogP contribution is 2.29. The standard InChI is InChI=1S/C21H20FN3O/c1-14-5-7-15(8-6-14)20(26)16-9-11-25(12-10-16)21-17-3-2-4-18(22)19(17)23-13-24-21/h2-8,13,16H,9-12H2,1H3. The average molecular weight is 349 g/mol. The molecule has 4 nitrogen and oxygen atoms in total. The molecule has 1 aromatic heterocycles. The molecule has 0 aliphatic carbocycles. The molecule has 2 aromatic carbocycles. The molecule has 0 amide bonds. The van der Waals surface area contributed by atoms with Crippen molar-refractivity contribution in [3.8, 4) is 0 Å². The lowest BCUT2D eigenvalue weighted by Gasteiger charge is -2.32. The van der Waals surface area contributed by atoms with Gasteiger partial charge < -0.3 is 4.90 Å². The van der Waals surface area contributed by atoms with E-state index in [9.17, 15) is 9.18 Å². The van der Waals surface area contributed by atoms with Crippen LogP contribution in [0.3, 0.4) is 0 Å². The molecule has 0 unspecified atom stereocenters. The van der Waals surface area contributed by atoms with Crippen molar-refractivity contribution < 1.29 is 9.18 Å². The first kappa shape index (κ1) is 16.6. The number of carbonyl (C=O) groups is 1. The van der Waals surface area contributed by atoms with Gasteiger partial charge >= 0.3 is 0 Å². The zero-order chi connectivity index (χ0) is 18.1. The van der Waals surface area contributed by atoms with E-state index in [0.29, 0.717) is 5.52 Å². The Labute approximate surface area is 151 Å². The minimum Gasteiger partial charge on any atom is -0.356 e. The Balaban J connectivity index is 1.51. The smallest absolute Gasteiger partial charge is 0.166 e. The molecule has 3 aromatic rings. The summed E-state index contributed by atoms with van der Waals surface area (Å²) in [5.41, 5.74) is 2.28. The average Bonchev–Trinajstić information content (AvgIpc) is 2.68. The maximum absolute atomic E-state index is 14.0. The van der Waals surface area contributed by atoms with Gasteiger partial charge in [0, 0.05) is 30.0 Å². The van der Waals surface area contributed by atoms with E-state index in [1.165, 1.54) is 12.4 Å². The molecule has 1 aliphatic rings. The van der Waals surface area contributed by atoms with E-state index in [4.69, 9.17) is 0 Å². The van der Waals surface area contributed by atoms with Gasteiger partial charge in [-0.05, 0) is 31.9 Å². The van der Waals surface area contributed by atoms with Gasteiger partial charge in [0.05, 0.1) is 0 Å². The third-order valence-electron chi connectivity index (χ3n) is 5.10. The monoisotopic (exact) mass is 349 g/mol. The van der Waals surface area contributed by atoms with Crippen LogP contribution in [0.4, 0.5) is 10.2 Å². The zero-order valence-corrected chi connectivity index (χ0v) is 14.7.